The molecule has 0 bridgehead atoms. The minimum absolute atomic E-state index is 0.0294. The van der Waals surface area contributed by atoms with E-state index in [1.54, 1.807) is 13.1 Å². The van der Waals surface area contributed by atoms with Crippen molar-refractivity contribution in [2.75, 3.05) is 6.61 Å². The zero-order chi connectivity index (χ0) is 9.68. The van der Waals surface area contributed by atoms with Gasteiger partial charge in [0.1, 0.15) is 0 Å². The van der Waals surface area contributed by atoms with Gasteiger partial charge in [-0.1, -0.05) is 0 Å². The number of amides is 1. The molecule has 13 heavy (non-hydrogen) atoms. The van der Waals surface area contributed by atoms with E-state index in [4.69, 9.17) is 4.74 Å². The van der Waals surface area contributed by atoms with E-state index in [9.17, 15) is 4.79 Å². The van der Waals surface area contributed by atoms with Crippen molar-refractivity contribution in [2.45, 2.75) is 13.8 Å². The lowest BCUT2D eigenvalue weighted by Crippen LogP contribution is -2.26. The minimum Gasteiger partial charge on any atom is -0.488 e. The molecule has 1 amide bonds. The SMILES string of the molecule is CC1=C/N=C/NC(=O)CO\C(C)=C\1. The van der Waals surface area contributed by atoms with Crippen molar-refractivity contribution >= 4 is 12.2 Å². The number of ether oxygens (including phenoxy) is 1. The lowest BCUT2D eigenvalue weighted by molar-refractivity contribution is -0.122. The van der Waals surface area contributed by atoms with E-state index in [0.29, 0.717) is 5.76 Å². The van der Waals surface area contributed by atoms with Gasteiger partial charge in [0.05, 0.1) is 12.1 Å². The third-order valence-corrected chi connectivity index (χ3v) is 1.44. The van der Waals surface area contributed by atoms with Crippen molar-refractivity contribution in [3.8, 4) is 0 Å². The van der Waals surface area contributed by atoms with E-state index in [-0.39, 0.29) is 12.5 Å². The molecule has 0 atom stereocenters. The van der Waals surface area contributed by atoms with Gasteiger partial charge < -0.3 is 10.1 Å². The third-order valence-electron chi connectivity index (χ3n) is 1.44. The average molecular weight is 180 g/mol. The van der Waals surface area contributed by atoms with Crippen LogP contribution in [0.4, 0.5) is 0 Å². The smallest absolute Gasteiger partial charge is 0.262 e. The van der Waals surface area contributed by atoms with Gasteiger partial charge in [-0.05, 0) is 25.5 Å². The topological polar surface area (TPSA) is 50.7 Å². The predicted octanol–water partition coefficient (Wildman–Crippen LogP) is 0.969. The number of hydrogen-bond acceptors (Lipinski definition) is 3. The number of nitrogens with zero attached hydrogens (tertiary/aromatic N) is 1. The van der Waals surface area contributed by atoms with Crippen LogP contribution >= 0.6 is 0 Å². The molecule has 0 aromatic carbocycles. The van der Waals surface area contributed by atoms with E-state index in [1.165, 1.54) is 6.34 Å². The van der Waals surface area contributed by atoms with Crippen LogP contribution in [0.1, 0.15) is 13.8 Å². The Morgan fingerprint density at radius 3 is 3.08 bits per heavy atom. The second-order valence-electron chi connectivity index (χ2n) is 2.76. The van der Waals surface area contributed by atoms with Gasteiger partial charge in [0.25, 0.3) is 5.91 Å². The summed E-state index contributed by atoms with van der Waals surface area (Å²) in [5.74, 6) is 0.505. The number of allylic oxidation sites excluding steroid dienone is 3. The van der Waals surface area contributed by atoms with Gasteiger partial charge in [-0.2, -0.15) is 0 Å². The van der Waals surface area contributed by atoms with Crippen LogP contribution in [-0.4, -0.2) is 18.9 Å². The van der Waals surface area contributed by atoms with Crippen LogP contribution in [-0.2, 0) is 9.53 Å². The van der Waals surface area contributed by atoms with Gasteiger partial charge >= 0.3 is 0 Å². The van der Waals surface area contributed by atoms with E-state index >= 15 is 0 Å². The summed E-state index contributed by atoms with van der Waals surface area (Å²) in [5, 5.41) is 2.47. The van der Waals surface area contributed by atoms with Crippen LogP contribution < -0.4 is 5.32 Å². The Hall–Kier alpha value is -1.58. The molecule has 1 aliphatic heterocycles. The lowest BCUT2D eigenvalue weighted by atomic mass is 10.3. The van der Waals surface area contributed by atoms with Crippen molar-refractivity contribution < 1.29 is 9.53 Å². The molecule has 0 spiro atoms. The van der Waals surface area contributed by atoms with Crippen molar-refractivity contribution in [2.24, 2.45) is 4.99 Å². The number of hydrogen-bond donors (Lipinski definition) is 1. The van der Waals surface area contributed by atoms with Crippen LogP contribution in [0.15, 0.2) is 28.6 Å². The summed E-state index contributed by atoms with van der Waals surface area (Å²) in [4.78, 5) is 14.8. The number of carbonyl (C=O) groups is 1. The van der Waals surface area contributed by atoms with Crippen molar-refractivity contribution in [3.63, 3.8) is 0 Å². The molecule has 4 heteroatoms. The van der Waals surface area contributed by atoms with Crippen LogP contribution in [0.25, 0.3) is 0 Å². The summed E-state index contributed by atoms with van der Waals surface area (Å²) >= 11 is 0. The number of carbonyl (C=O) groups excluding carboxylic acids is 1. The summed E-state index contributed by atoms with van der Waals surface area (Å²) in [6.45, 7) is 3.74. The molecule has 0 aromatic heterocycles. The first-order valence-electron chi connectivity index (χ1n) is 3.97. The molecule has 0 radical (unpaired) electrons. The Morgan fingerprint density at radius 1 is 1.54 bits per heavy atom. The van der Waals surface area contributed by atoms with E-state index in [1.807, 2.05) is 13.0 Å². The largest absolute Gasteiger partial charge is 0.488 e. The Balaban J connectivity index is 2.79. The van der Waals surface area contributed by atoms with E-state index in [2.05, 4.69) is 10.3 Å². The van der Waals surface area contributed by atoms with Gasteiger partial charge in [0.15, 0.2) is 6.61 Å². The fourth-order valence-corrected chi connectivity index (χ4v) is 0.885. The van der Waals surface area contributed by atoms with Crippen LogP contribution in [0, 0.1) is 0 Å². The van der Waals surface area contributed by atoms with Crippen LogP contribution in [0.2, 0.25) is 0 Å². The first kappa shape index (κ1) is 9.51. The summed E-state index contributed by atoms with van der Waals surface area (Å²) in [7, 11) is 0. The maximum absolute atomic E-state index is 11.0. The molecule has 0 unspecified atom stereocenters. The van der Waals surface area contributed by atoms with Gasteiger partial charge in [0.2, 0.25) is 0 Å². The van der Waals surface area contributed by atoms with Crippen molar-refractivity contribution in [3.05, 3.63) is 23.6 Å². The fourth-order valence-electron chi connectivity index (χ4n) is 0.885. The van der Waals surface area contributed by atoms with E-state index < -0.39 is 0 Å². The molecule has 1 N–H and O–H groups in total. The van der Waals surface area contributed by atoms with Gasteiger partial charge in [-0.15, -0.1) is 0 Å². The van der Waals surface area contributed by atoms with Gasteiger partial charge in [-0.25, -0.2) is 4.99 Å². The third kappa shape index (κ3) is 3.55. The molecule has 0 saturated carbocycles. The quantitative estimate of drug-likeness (QED) is 0.603. The molecular weight excluding hydrogens is 168 g/mol. The summed E-state index contributed by atoms with van der Waals surface area (Å²) in [6, 6.07) is 0. The molecule has 0 aromatic rings. The second kappa shape index (κ2) is 4.45. The normalized spacial score (nSPS) is 28.6. The molecule has 1 aliphatic rings. The van der Waals surface area contributed by atoms with Crippen LogP contribution in [0.5, 0.6) is 0 Å². The first-order chi connectivity index (χ1) is 6.18. The fraction of sp³-hybridized carbons (Fsp3) is 0.333. The maximum Gasteiger partial charge on any atom is 0.262 e. The number of aliphatic imine (C=N–C) groups is 1. The lowest BCUT2D eigenvalue weighted by Gasteiger charge is -2.06. The summed E-state index contributed by atoms with van der Waals surface area (Å²) in [5.41, 5.74) is 0.977. The van der Waals surface area contributed by atoms with Crippen molar-refractivity contribution in [1.29, 1.82) is 0 Å². The zero-order valence-electron chi connectivity index (χ0n) is 7.70. The molecule has 70 valence electrons. The predicted molar refractivity (Wildman–Crippen MR) is 50.1 cm³/mol. The molecule has 0 saturated heterocycles. The Bertz CT molecular complexity index is 290. The Morgan fingerprint density at radius 2 is 2.31 bits per heavy atom. The standard InChI is InChI=1S/C9H12N2O2/c1-7-3-8(2)13-5-9(12)11-6-10-4-7/h3-4,6H,5H2,1-2H3,(H,10,11,12)/b7-4-,8-3+. The average Bonchev–Trinajstić information content (AvgIpc) is 2.08. The number of nitrogens with one attached hydrogen (secondary N) is 1. The zero-order valence-corrected chi connectivity index (χ0v) is 7.70. The van der Waals surface area contributed by atoms with Crippen molar-refractivity contribution in [1.82, 2.24) is 5.32 Å². The Labute approximate surface area is 77.0 Å². The highest BCUT2D eigenvalue weighted by Gasteiger charge is 2.00. The summed E-state index contributed by atoms with van der Waals surface area (Å²) < 4.78 is 5.15. The highest BCUT2D eigenvalue weighted by atomic mass is 16.5. The van der Waals surface area contributed by atoms with Gasteiger partial charge in [0, 0.05) is 6.20 Å². The molecule has 1 rings (SSSR count). The first-order valence-corrected chi connectivity index (χ1v) is 3.97. The van der Waals surface area contributed by atoms with E-state index in [0.717, 1.165) is 5.57 Å². The van der Waals surface area contributed by atoms with Gasteiger partial charge in [-0.3, -0.25) is 4.79 Å². The molecule has 0 fully saturated rings. The highest BCUT2D eigenvalue weighted by molar-refractivity contribution is 5.88. The highest BCUT2D eigenvalue weighted by Crippen LogP contribution is 2.03. The molecule has 4 nitrogen and oxygen atoms in total. The number of rotatable bonds is 0. The monoisotopic (exact) mass is 180 g/mol. The minimum atomic E-state index is -0.204. The maximum atomic E-state index is 11.0. The Kier molecular flexibility index (Phi) is 3.25. The molecule has 0 aliphatic carbocycles. The second-order valence-corrected chi connectivity index (χ2v) is 2.76. The molecule has 1 heterocycles. The summed E-state index contributed by atoms with van der Waals surface area (Å²) in [6.07, 6.45) is 4.83. The van der Waals surface area contributed by atoms with Crippen LogP contribution in [0.3, 0.4) is 0 Å². The molecular formula is C9H12N2O2.